The lowest BCUT2D eigenvalue weighted by Crippen LogP contribution is -2.27. The second-order valence-corrected chi connectivity index (χ2v) is 5.00. The molecule has 1 atom stereocenters. The predicted octanol–water partition coefficient (Wildman–Crippen LogP) is 3.40. The molecular formula is C12H19F3N2O. The summed E-state index contributed by atoms with van der Waals surface area (Å²) in [6.45, 7) is 5.34. The van der Waals surface area contributed by atoms with Crippen LogP contribution in [-0.4, -0.2) is 21.1 Å². The first-order valence-corrected chi connectivity index (χ1v) is 5.96. The van der Waals surface area contributed by atoms with E-state index >= 15 is 0 Å². The van der Waals surface area contributed by atoms with Crippen molar-refractivity contribution in [2.75, 3.05) is 0 Å². The standard InChI is InChI=1S/C12H19F3N2O/c1-9(2)17-10(5-8-16-17)11(3,18)6-4-7-12(13,14)15/h5,8-9,18H,4,6-7H2,1-3H3. The van der Waals surface area contributed by atoms with Gasteiger partial charge < -0.3 is 5.11 Å². The Bertz CT molecular complexity index is 383. The Hall–Kier alpha value is -1.04. The molecule has 1 aromatic rings. The van der Waals surface area contributed by atoms with Crippen LogP contribution in [0.3, 0.4) is 0 Å². The Morgan fingerprint density at radius 3 is 2.44 bits per heavy atom. The number of nitrogens with zero attached hydrogens (tertiary/aromatic N) is 2. The van der Waals surface area contributed by atoms with Gasteiger partial charge in [0.2, 0.25) is 0 Å². The van der Waals surface area contributed by atoms with Gasteiger partial charge in [0.05, 0.1) is 5.69 Å². The van der Waals surface area contributed by atoms with E-state index in [1.807, 2.05) is 13.8 Å². The van der Waals surface area contributed by atoms with E-state index in [0.29, 0.717) is 5.69 Å². The van der Waals surface area contributed by atoms with Crippen molar-refractivity contribution in [3.05, 3.63) is 18.0 Å². The molecule has 104 valence electrons. The number of halogens is 3. The number of aliphatic hydroxyl groups is 1. The van der Waals surface area contributed by atoms with Gasteiger partial charge in [0, 0.05) is 18.7 Å². The molecule has 1 heterocycles. The summed E-state index contributed by atoms with van der Waals surface area (Å²) >= 11 is 0. The Morgan fingerprint density at radius 1 is 1.33 bits per heavy atom. The minimum atomic E-state index is -4.17. The predicted molar refractivity (Wildman–Crippen MR) is 62.1 cm³/mol. The highest BCUT2D eigenvalue weighted by Gasteiger charge is 2.31. The number of alkyl halides is 3. The summed E-state index contributed by atoms with van der Waals surface area (Å²) in [5.41, 5.74) is -0.730. The average molecular weight is 264 g/mol. The van der Waals surface area contributed by atoms with E-state index in [0.717, 1.165) is 0 Å². The Kier molecular flexibility index (Phi) is 4.42. The molecule has 0 amide bonds. The number of aromatic nitrogens is 2. The van der Waals surface area contributed by atoms with Crippen LogP contribution in [0.25, 0.3) is 0 Å². The van der Waals surface area contributed by atoms with Crippen LogP contribution in [0.4, 0.5) is 13.2 Å². The van der Waals surface area contributed by atoms with E-state index in [1.54, 1.807) is 16.9 Å². The highest BCUT2D eigenvalue weighted by Crippen LogP contribution is 2.31. The molecule has 0 aromatic carbocycles. The van der Waals surface area contributed by atoms with Gasteiger partial charge in [0.1, 0.15) is 5.60 Å². The largest absolute Gasteiger partial charge is 0.389 e. The molecule has 0 bridgehead atoms. The molecule has 6 heteroatoms. The van der Waals surface area contributed by atoms with Gasteiger partial charge in [-0.2, -0.15) is 18.3 Å². The lowest BCUT2D eigenvalue weighted by Gasteiger charge is -2.26. The lowest BCUT2D eigenvalue weighted by molar-refractivity contribution is -0.138. The molecule has 18 heavy (non-hydrogen) atoms. The van der Waals surface area contributed by atoms with Gasteiger partial charge in [-0.05, 0) is 39.7 Å². The van der Waals surface area contributed by atoms with E-state index in [1.165, 1.54) is 6.92 Å². The summed E-state index contributed by atoms with van der Waals surface area (Å²) in [5, 5.41) is 14.3. The summed E-state index contributed by atoms with van der Waals surface area (Å²) < 4.78 is 37.9. The van der Waals surface area contributed by atoms with Gasteiger partial charge in [-0.15, -0.1) is 0 Å². The summed E-state index contributed by atoms with van der Waals surface area (Å²) in [4.78, 5) is 0. The summed E-state index contributed by atoms with van der Waals surface area (Å²) in [6.07, 6.45) is -3.54. The number of hydrogen-bond acceptors (Lipinski definition) is 2. The third-order valence-electron chi connectivity index (χ3n) is 2.84. The first-order valence-electron chi connectivity index (χ1n) is 5.96. The second kappa shape index (κ2) is 5.30. The summed E-state index contributed by atoms with van der Waals surface area (Å²) in [7, 11) is 0. The molecule has 1 rings (SSSR count). The maximum absolute atomic E-state index is 12.1. The van der Waals surface area contributed by atoms with Gasteiger partial charge >= 0.3 is 6.18 Å². The molecule has 0 spiro atoms. The van der Waals surface area contributed by atoms with Gasteiger partial charge in [-0.3, -0.25) is 4.68 Å². The van der Waals surface area contributed by atoms with Crippen LogP contribution >= 0.6 is 0 Å². The van der Waals surface area contributed by atoms with Crippen LogP contribution in [-0.2, 0) is 5.60 Å². The lowest BCUT2D eigenvalue weighted by atomic mass is 9.94. The van der Waals surface area contributed by atoms with Gasteiger partial charge in [-0.25, -0.2) is 0 Å². The SMILES string of the molecule is CC(C)n1nccc1C(C)(O)CCCC(F)(F)F. The van der Waals surface area contributed by atoms with Crippen molar-refractivity contribution < 1.29 is 18.3 Å². The fraction of sp³-hybridized carbons (Fsp3) is 0.750. The Morgan fingerprint density at radius 2 is 1.94 bits per heavy atom. The maximum Gasteiger partial charge on any atom is 0.389 e. The molecule has 0 saturated carbocycles. The van der Waals surface area contributed by atoms with Crippen molar-refractivity contribution in [3.63, 3.8) is 0 Å². The van der Waals surface area contributed by atoms with Crippen molar-refractivity contribution in [2.45, 2.75) is 57.9 Å². The minimum absolute atomic E-state index is 0.0593. The zero-order chi connectivity index (χ0) is 14.0. The number of hydrogen-bond donors (Lipinski definition) is 1. The molecule has 0 radical (unpaired) electrons. The smallest absolute Gasteiger partial charge is 0.384 e. The third kappa shape index (κ3) is 4.01. The fourth-order valence-electron chi connectivity index (χ4n) is 1.91. The van der Waals surface area contributed by atoms with Crippen LogP contribution in [0, 0.1) is 0 Å². The molecule has 0 aliphatic carbocycles. The van der Waals surface area contributed by atoms with Crippen molar-refractivity contribution in [3.8, 4) is 0 Å². The highest BCUT2D eigenvalue weighted by atomic mass is 19.4. The molecular weight excluding hydrogens is 245 g/mol. The monoisotopic (exact) mass is 264 g/mol. The van der Waals surface area contributed by atoms with E-state index in [4.69, 9.17) is 0 Å². The van der Waals surface area contributed by atoms with Crippen LogP contribution in [0.5, 0.6) is 0 Å². The second-order valence-electron chi connectivity index (χ2n) is 5.00. The molecule has 0 saturated heterocycles. The van der Waals surface area contributed by atoms with Crippen molar-refractivity contribution in [1.82, 2.24) is 9.78 Å². The maximum atomic E-state index is 12.1. The van der Waals surface area contributed by atoms with Crippen LogP contribution in [0.15, 0.2) is 12.3 Å². The van der Waals surface area contributed by atoms with Crippen LogP contribution in [0.2, 0.25) is 0 Å². The van der Waals surface area contributed by atoms with E-state index in [-0.39, 0.29) is 18.9 Å². The zero-order valence-electron chi connectivity index (χ0n) is 10.8. The zero-order valence-corrected chi connectivity index (χ0v) is 10.8. The molecule has 1 N–H and O–H groups in total. The van der Waals surface area contributed by atoms with E-state index in [2.05, 4.69) is 5.10 Å². The van der Waals surface area contributed by atoms with Crippen molar-refractivity contribution in [2.24, 2.45) is 0 Å². The molecule has 1 aromatic heterocycles. The summed E-state index contributed by atoms with van der Waals surface area (Å²) in [5.74, 6) is 0. The van der Waals surface area contributed by atoms with Crippen LogP contribution < -0.4 is 0 Å². The van der Waals surface area contributed by atoms with E-state index in [9.17, 15) is 18.3 Å². The van der Waals surface area contributed by atoms with Gasteiger partial charge in [0.15, 0.2) is 0 Å². The molecule has 0 fully saturated rings. The number of rotatable bonds is 5. The van der Waals surface area contributed by atoms with E-state index < -0.39 is 18.2 Å². The quantitative estimate of drug-likeness (QED) is 0.885. The van der Waals surface area contributed by atoms with Crippen LogP contribution in [0.1, 0.15) is 51.8 Å². The normalized spacial score (nSPS) is 16.0. The Labute approximate surface area is 105 Å². The third-order valence-corrected chi connectivity index (χ3v) is 2.84. The first kappa shape index (κ1) is 15.0. The molecule has 0 aliphatic heterocycles. The van der Waals surface area contributed by atoms with Crippen molar-refractivity contribution >= 4 is 0 Å². The molecule has 3 nitrogen and oxygen atoms in total. The van der Waals surface area contributed by atoms with Gasteiger partial charge in [0.25, 0.3) is 0 Å². The fourth-order valence-corrected chi connectivity index (χ4v) is 1.91. The average Bonchev–Trinajstić information content (AvgIpc) is 2.63. The Balaban J connectivity index is 2.71. The molecule has 1 unspecified atom stereocenters. The van der Waals surface area contributed by atoms with Crippen molar-refractivity contribution in [1.29, 1.82) is 0 Å². The highest BCUT2D eigenvalue weighted by molar-refractivity contribution is 5.11. The first-order chi connectivity index (χ1) is 8.13. The summed E-state index contributed by atoms with van der Waals surface area (Å²) in [6, 6.07) is 1.71. The topological polar surface area (TPSA) is 38.0 Å². The molecule has 0 aliphatic rings. The van der Waals surface area contributed by atoms with Gasteiger partial charge in [-0.1, -0.05) is 0 Å². The minimum Gasteiger partial charge on any atom is -0.384 e.